The first kappa shape index (κ1) is 16.5. The number of benzene rings is 2. The molecular formula is C16H12BF3O4. The second-order valence-corrected chi connectivity index (χ2v) is 5.37. The number of fused-ring (bicyclic) bond motifs is 1. The van der Waals surface area contributed by atoms with Gasteiger partial charge < -0.3 is 14.4 Å². The van der Waals surface area contributed by atoms with Crippen LogP contribution in [0.25, 0.3) is 0 Å². The van der Waals surface area contributed by atoms with Crippen molar-refractivity contribution in [2.45, 2.75) is 19.4 Å². The zero-order valence-corrected chi connectivity index (χ0v) is 12.3. The van der Waals surface area contributed by atoms with E-state index in [0.717, 1.165) is 17.7 Å². The lowest BCUT2D eigenvalue weighted by molar-refractivity contribution is -0.274. The van der Waals surface area contributed by atoms with Gasteiger partial charge in [-0.3, -0.25) is 4.79 Å². The molecule has 0 bridgehead atoms. The molecule has 1 heterocycles. The zero-order valence-electron chi connectivity index (χ0n) is 12.3. The van der Waals surface area contributed by atoms with Crippen LogP contribution in [0.1, 0.15) is 21.5 Å². The zero-order chi connectivity index (χ0) is 17.3. The third kappa shape index (κ3) is 3.77. The number of hydrogen-bond acceptors (Lipinski definition) is 4. The maximum atomic E-state index is 12.3. The number of Topliss-reactive ketones (excluding diaryl/α,β-unsaturated/α-hetero) is 1. The predicted octanol–water partition coefficient (Wildman–Crippen LogP) is 2.23. The number of hydrogen-bond donors (Lipinski definition) is 1. The van der Waals surface area contributed by atoms with Crippen LogP contribution >= 0.6 is 0 Å². The summed E-state index contributed by atoms with van der Waals surface area (Å²) >= 11 is 0. The Morgan fingerprint density at radius 3 is 2.79 bits per heavy atom. The summed E-state index contributed by atoms with van der Waals surface area (Å²) in [4.78, 5) is 12.3. The van der Waals surface area contributed by atoms with E-state index in [9.17, 15) is 23.0 Å². The molecular weight excluding hydrogens is 324 g/mol. The molecule has 0 saturated heterocycles. The number of halogens is 3. The molecule has 0 unspecified atom stereocenters. The Morgan fingerprint density at radius 1 is 1.25 bits per heavy atom. The molecule has 0 amide bonds. The third-order valence-corrected chi connectivity index (χ3v) is 3.63. The van der Waals surface area contributed by atoms with Crippen molar-refractivity contribution in [1.82, 2.24) is 0 Å². The average molecular weight is 336 g/mol. The summed E-state index contributed by atoms with van der Waals surface area (Å²) in [5, 5.41) is 9.67. The molecule has 24 heavy (non-hydrogen) atoms. The van der Waals surface area contributed by atoms with Crippen LogP contribution in [0.15, 0.2) is 42.5 Å². The number of rotatable bonds is 4. The molecule has 3 rings (SSSR count). The van der Waals surface area contributed by atoms with Gasteiger partial charge in [0.2, 0.25) is 0 Å². The smallest absolute Gasteiger partial charge is 0.423 e. The molecule has 0 fully saturated rings. The summed E-state index contributed by atoms with van der Waals surface area (Å²) in [5.74, 6) is -0.790. The summed E-state index contributed by atoms with van der Waals surface area (Å²) in [6.45, 7) is 0.307. The van der Waals surface area contributed by atoms with E-state index in [4.69, 9.17) is 4.65 Å². The fourth-order valence-electron chi connectivity index (χ4n) is 2.53. The van der Waals surface area contributed by atoms with Gasteiger partial charge >= 0.3 is 13.5 Å². The van der Waals surface area contributed by atoms with E-state index in [1.54, 1.807) is 18.2 Å². The quantitative estimate of drug-likeness (QED) is 0.687. The van der Waals surface area contributed by atoms with Crippen molar-refractivity contribution in [1.29, 1.82) is 0 Å². The predicted molar refractivity (Wildman–Crippen MR) is 80.0 cm³/mol. The monoisotopic (exact) mass is 336 g/mol. The summed E-state index contributed by atoms with van der Waals surface area (Å²) < 4.78 is 45.6. The first-order valence-electron chi connectivity index (χ1n) is 7.12. The molecule has 2 aromatic rings. The minimum Gasteiger partial charge on any atom is -0.423 e. The fraction of sp³-hybridized carbons (Fsp3) is 0.188. The maximum absolute atomic E-state index is 12.3. The normalized spacial score (nSPS) is 13.8. The SMILES string of the molecule is O=C(Cc1ccc2c(c1)B(O)OC2)c1cccc(OC(F)(F)F)c1. The number of alkyl halides is 3. The summed E-state index contributed by atoms with van der Waals surface area (Å²) in [6.07, 6.45) is -4.81. The van der Waals surface area contributed by atoms with Crippen LogP contribution in [0.2, 0.25) is 0 Å². The van der Waals surface area contributed by atoms with Gasteiger partial charge in [-0.1, -0.05) is 30.3 Å². The van der Waals surface area contributed by atoms with Crippen molar-refractivity contribution >= 4 is 18.4 Å². The third-order valence-electron chi connectivity index (χ3n) is 3.63. The second kappa shape index (κ2) is 6.29. The van der Waals surface area contributed by atoms with Crippen molar-refractivity contribution in [3.63, 3.8) is 0 Å². The van der Waals surface area contributed by atoms with Gasteiger partial charge in [-0.05, 0) is 28.7 Å². The Morgan fingerprint density at radius 2 is 2.04 bits per heavy atom. The fourth-order valence-corrected chi connectivity index (χ4v) is 2.53. The molecule has 4 nitrogen and oxygen atoms in total. The van der Waals surface area contributed by atoms with Crippen LogP contribution in [-0.2, 0) is 17.7 Å². The lowest BCUT2D eigenvalue weighted by Crippen LogP contribution is -2.28. The van der Waals surface area contributed by atoms with Crippen LogP contribution in [-0.4, -0.2) is 24.3 Å². The molecule has 0 saturated carbocycles. The molecule has 0 atom stereocenters. The molecule has 0 radical (unpaired) electrons. The minimum atomic E-state index is -4.81. The highest BCUT2D eigenvalue weighted by molar-refractivity contribution is 6.61. The first-order valence-corrected chi connectivity index (χ1v) is 7.12. The molecule has 1 aliphatic heterocycles. The Hall–Kier alpha value is -2.32. The van der Waals surface area contributed by atoms with Crippen molar-refractivity contribution < 1.29 is 32.4 Å². The molecule has 0 aromatic heterocycles. The number of ketones is 1. The Kier molecular flexibility index (Phi) is 4.34. The van der Waals surface area contributed by atoms with Crippen molar-refractivity contribution in [2.24, 2.45) is 0 Å². The first-order chi connectivity index (χ1) is 11.3. The topological polar surface area (TPSA) is 55.8 Å². The Bertz CT molecular complexity index is 776. The highest BCUT2D eigenvalue weighted by atomic mass is 19.4. The van der Waals surface area contributed by atoms with Crippen molar-refractivity contribution in [3.05, 3.63) is 59.2 Å². The number of carbonyl (C=O) groups excluding carboxylic acids is 1. The van der Waals surface area contributed by atoms with Crippen LogP contribution in [0.5, 0.6) is 5.75 Å². The molecule has 124 valence electrons. The molecule has 1 aliphatic rings. The van der Waals surface area contributed by atoms with E-state index < -0.39 is 19.2 Å². The van der Waals surface area contributed by atoms with E-state index in [0.29, 0.717) is 17.6 Å². The molecule has 0 spiro atoms. The van der Waals surface area contributed by atoms with E-state index in [1.807, 2.05) is 0 Å². The Balaban J connectivity index is 1.76. The Labute approximate surface area is 136 Å². The minimum absolute atomic E-state index is 0.00449. The highest BCUT2D eigenvalue weighted by Crippen LogP contribution is 2.24. The number of ether oxygens (including phenoxy) is 1. The van der Waals surface area contributed by atoms with E-state index in [1.165, 1.54) is 12.1 Å². The lowest BCUT2D eigenvalue weighted by atomic mass is 9.78. The summed E-state index contributed by atoms with van der Waals surface area (Å²) in [7, 11) is -1.02. The van der Waals surface area contributed by atoms with E-state index in [2.05, 4.69) is 4.74 Å². The summed E-state index contributed by atoms with van der Waals surface area (Å²) in [5.41, 5.74) is 2.22. The van der Waals surface area contributed by atoms with Crippen molar-refractivity contribution in [3.8, 4) is 5.75 Å². The van der Waals surface area contributed by atoms with Gasteiger partial charge in [-0.25, -0.2) is 0 Å². The summed E-state index contributed by atoms with van der Waals surface area (Å²) in [6, 6.07) is 10.1. The van der Waals surface area contributed by atoms with Crippen molar-refractivity contribution in [2.75, 3.05) is 0 Å². The standard InChI is InChI=1S/C16H12BF3O4/c18-16(19,20)24-13-3-1-2-11(8-13)15(21)7-10-4-5-12-9-23-17(22)14(12)6-10/h1-6,8,22H,7,9H2. The lowest BCUT2D eigenvalue weighted by Gasteiger charge is -2.10. The molecule has 1 N–H and O–H groups in total. The molecule has 8 heteroatoms. The van der Waals surface area contributed by atoms with Gasteiger partial charge in [0.05, 0.1) is 6.61 Å². The molecule has 2 aromatic carbocycles. The average Bonchev–Trinajstić information content (AvgIpc) is 2.87. The van der Waals surface area contributed by atoms with Crippen LogP contribution in [0, 0.1) is 0 Å². The highest BCUT2D eigenvalue weighted by Gasteiger charge is 2.31. The van der Waals surface area contributed by atoms with E-state index in [-0.39, 0.29) is 17.8 Å². The largest absolute Gasteiger partial charge is 0.573 e. The van der Waals surface area contributed by atoms with E-state index >= 15 is 0 Å². The van der Waals surface area contributed by atoms with Crippen LogP contribution < -0.4 is 10.2 Å². The van der Waals surface area contributed by atoms with Gasteiger partial charge in [-0.2, -0.15) is 0 Å². The second-order valence-electron chi connectivity index (χ2n) is 5.37. The van der Waals surface area contributed by atoms with Gasteiger partial charge in [0.1, 0.15) is 5.75 Å². The van der Waals surface area contributed by atoms with Crippen LogP contribution in [0.4, 0.5) is 13.2 Å². The molecule has 0 aliphatic carbocycles. The maximum Gasteiger partial charge on any atom is 0.573 e. The number of carbonyl (C=O) groups is 1. The van der Waals surface area contributed by atoms with Gasteiger partial charge in [0, 0.05) is 12.0 Å². The van der Waals surface area contributed by atoms with Gasteiger partial charge in [-0.15, -0.1) is 13.2 Å². The van der Waals surface area contributed by atoms with Gasteiger partial charge in [0.15, 0.2) is 5.78 Å². The van der Waals surface area contributed by atoms with Crippen LogP contribution in [0.3, 0.4) is 0 Å². The van der Waals surface area contributed by atoms with Gasteiger partial charge in [0.25, 0.3) is 0 Å².